The zero-order valence-electron chi connectivity index (χ0n) is 36.4. The number of carbonyl (C=O) groups excluding carboxylic acids is 2. The summed E-state index contributed by atoms with van der Waals surface area (Å²) in [6, 6.07) is 49.0. The molecule has 0 aromatic heterocycles. The standard InChI is InChI=1S/C54H56N2O6Si/c1-36(32-37-25-31-48(58)45-23-15-14-22-44(37)45)24-30-49(59)50-38(35-62-63(54(2,3)4,42-18-10-6-11-19-42)43-20-12-7-13-21-43)33-46-51(47(50)34-57)53(61)56(52(46)60)41-28-26-40(27-29-41)55-39-16-8-5-9-17-39/h5-23,25-29,31-32,46-47,49,51,55,57-59H,24,30,33-35H2,1-4H3/b36-32+/t46-,47+,49-,51-/m1/s1. The smallest absolute Gasteiger partial charge is 0.261 e. The predicted octanol–water partition coefficient (Wildman–Crippen LogP) is 9.52. The fraction of sp³-hybridized carbons (Fsp3) is 0.259. The lowest BCUT2D eigenvalue weighted by Crippen LogP contribution is -2.66. The number of fused-ring (bicyclic) bond motifs is 2. The van der Waals surface area contributed by atoms with Crippen molar-refractivity contribution in [2.75, 3.05) is 23.4 Å². The Labute approximate surface area is 371 Å². The number of hydrogen-bond donors (Lipinski definition) is 4. The molecule has 6 aromatic carbocycles. The number of nitrogens with one attached hydrogen (secondary N) is 1. The largest absolute Gasteiger partial charge is 0.507 e. The number of aromatic hydroxyl groups is 1. The fourth-order valence-corrected chi connectivity index (χ4v) is 14.5. The summed E-state index contributed by atoms with van der Waals surface area (Å²) in [6.07, 6.45) is 2.12. The minimum absolute atomic E-state index is 0.120. The van der Waals surface area contributed by atoms with Crippen molar-refractivity contribution in [2.24, 2.45) is 17.8 Å². The third-order valence-electron chi connectivity index (χ3n) is 13.0. The normalized spacial score (nSPS) is 18.8. The maximum Gasteiger partial charge on any atom is 0.261 e. The van der Waals surface area contributed by atoms with Gasteiger partial charge >= 0.3 is 0 Å². The number of phenolic OH excluding ortho intramolecular Hbond substituents is 1. The molecule has 1 fully saturated rings. The summed E-state index contributed by atoms with van der Waals surface area (Å²) in [5, 5.41) is 41.1. The quantitative estimate of drug-likeness (QED) is 0.0490. The minimum atomic E-state index is -3.07. The van der Waals surface area contributed by atoms with Gasteiger partial charge in [-0.1, -0.05) is 142 Å². The number of phenols is 1. The highest BCUT2D eigenvalue weighted by Crippen LogP contribution is 2.48. The third-order valence-corrected chi connectivity index (χ3v) is 17.9. The molecule has 4 atom stereocenters. The number of nitrogens with zero attached hydrogens (tertiary/aromatic N) is 1. The topological polar surface area (TPSA) is 119 Å². The van der Waals surface area contributed by atoms with Crippen LogP contribution in [-0.4, -0.2) is 54.8 Å². The first-order valence-electron chi connectivity index (χ1n) is 21.8. The van der Waals surface area contributed by atoms with Gasteiger partial charge in [0, 0.05) is 22.7 Å². The van der Waals surface area contributed by atoms with Crippen LogP contribution in [0.25, 0.3) is 16.8 Å². The monoisotopic (exact) mass is 856 g/mol. The molecule has 8 rings (SSSR count). The van der Waals surface area contributed by atoms with Crippen molar-refractivity contribution in [3.63, 3.8) is 0 Å². The lowest BCUT2D eigenvalue weighted by molar-refractivity contribution is -0.123. The average Bonchev–Trinajstić information content (AvgIpc) is 3.55. The average molecular weight is 857 g/mol. The molecular weight excluding hydrogens is 801 g/mol. The summed E-state index contributed by atoms with van der Waals surface area (Å²) in [5.74, 6) is -2.87. The molecular formula is C54H56N2O6Si. The first kappa shape index (κ1) is 43.5. The van der Waals surface area contributed by atoms with E-state index in [0.29, 0.717) is 24.1 Å². The predicted molar refractivity (Wildman–Crippen MR) is 256 cm³/mol. The van der Waals surface area contributed by atoms with Gasteiger partial charge in [0.25, 0.3) is 8.32 Å². The summed E-state index contributed by atoms with van der Waals surface area (Å²) in [7, 11) is -3.07. The van der Waals surface area contributed by atoms with Gasteiger partial charge in [-0.25, -0.2) is 0 Å². The van der Waals surface area contributed by atoms with E-state index < -0.39 is 38.8 Å². The Morgan fingerprint density at radius 1 is 0.778 bits per heavy atom. The first-order valence-corrected chi connectivity index (χ1v) is 23.8. The van der Waals surface area contributed by atoms with E-state index >= 15 is 0 Å². The number of para-hydroxylation sites is 1. The van der Waals surface area contributed by atoms with Crippen LogP contribution >= 0.6 is 0 Å². The molecule has 4 N–H and O–H groups in total. The lowest BCUT2D eigenvalue weighted by Gasteiger charge is -2.44. The van der Waals surface area contributed by atoms with Crippen LogP contribution in [0.15, 0.2) is 168 Å². The van der Waals surface area contributed by atoms with Gasteiger partial charge in [-0.3, -0.25) is 14.5 Å². The molecule has 322 valence electrons. The Morgan fingerprint density at radius 2 is 1.35 bits per heavy atom. The van der Waals surface area contributed by atoms with Crippen molar-refractivity contribution in [1.82, 2.24) is 0 Å². The molecule has 0 saturated carbocycles. The molecule has 1 heterocycles. The van der Waals surface area contributed by atoms with Gasteiger partial charge < -0.3 is 25.1 Å². The minimum Gasteiger partial charge on any atom is -0.507 e. The summed E-state index contributed by atoms with van der Waals surface area (Å²) in [4.78, 5) is 30.5. The SMILES string of the molecule is C/C(=C\c1ccc(O)c2ccccc12)CC[C@@H](O)C1=C(CO[Si](c2ccccc2)(c2ccccc2)C(C)(C)C)C[C@H]2C(=O)N(c3ccc(Nc4ccccc4)cc3)C(=O)[C@H]2[C@H]1CO. The number of hydrogen-bond acceptors (Lipinski definition) is 7. The van der Waals surface area contributed by atoms with Crippen LogP contribution in [0.3, 0.4) is 0 Å². The first-order chi connectivity index (χ1) is 30.4. The molecule has 8 nitrogen and oxygen atoms in total. The molecule has 0 unspecified atom stereocenters. The second-order valence-corrected chi connectivity index (χ2v) is 22.3. The number of anilines is 3. The molecule has 0 bridgehead atoms. The molecule has 9 heteroatoms. The maximum atomic E-state index is 14.6. The Morgan fingerprint density at radius 3 is 1.95 bits per heavy atom. The number of aliphatic hydroxyl groups is 2. The zero-order valence-corrected chi connectivity index (χ0v) is 37.4. The molecule has 2 amide bonds. The van der Waals surface area contributed by atoms with Crippen molar-refractivity contribution in [3.8, 4) is 5.75 Å². The van der Waals surface area contributed by atoms with Crippen LogP contribution in [0.1, 0.15) is 52.5 Å². The Bertz CT molecular complexity index is 2600. The van der Waals surface area contributed by atoms with Crippen molar-refractivity contribution < 1.29 is 29.3 Å². The number of imide groups is 1. The number of amides is 2. The Kier molecular flexibility index (Phi) is 12.7. The molecule has 1 aliphatic heterocycles. The van der Waals surface area contributed by atoms with Crippen LogP contribution in [0, 0.1) is 17.8 Å². The molecule has 2 aliphatic rings. The summed E-state index contributed by atoms with van der Waals surface area (Å²) < 4.78 is 7.46. The van der Waals surface area contributed by atoms with Crippen LogP contribution in [0.4, 0.5) is 17.1 Å². The lowest BCUT2D eigenvalue weighted by atomic mass is 9.68. The van der Waals surface area contributed by atoms with Gasteiger partial charge in [-0.05, 0) is 106 Å². The number of carbonyl (C=O) groups is 2. The fourth-order valence-electron chi connectivity index (χ4n) is 9.98. The highest BCUT2D eigenvalue weighted by Gasteiger charge is 2.56. The highest BCUT2D eigenvalue weighted by molar-refractivity contribution is 6.99. The van der Waals surface area contributed by atoms with E-state index in [9.17, 15) is 24.9 Å². The molecule has 63 heavy (non-hydrogen) atoms. The van der Waals surface area contributed by atoms with E-state index in [2.05, 4.69) is 56.4 Å². The van der Waals surface area contributed by atoms with E-state index in [-0.39, 0.29) is 35.6 Å². The van der Waals surface area contributed by atoms with Crippen molar-refractivity contribution in [1.29, 1.82) is 0 Å². The van der Waals surface area contributed by atoms with E-state index in [1.54, 1.807) is 18.2 Å². The maximum absolute atomic E-state index is 14.6. The van der Waals surface area contributed by atoms with Gasteiger partial charge in [0.05, 0.1) is 36.8 Å². The van der Waals surface area contributed by atoms with Gasteiger partial charge in [0.1, 0.15) is 5.75 Å². The summed E-state index contributed by atoms with van der Waals surface area (Å²) in [5.41, 5.74) is 5.52. The number of benzene rings is 6. The van der Waals surface area contributed by atoms with Crippen LogP contribution < -0.4 is 20.6 Å². The van der Waals surface area contributed by atoms with Gasteiger partial charge in [-0.15, -0.1) is 0 Å². The zero-order chi connectivity index (χ0) is 44.3. The van der Waals surface area contributed by atoms with E-state index in [1.165, 1.54) is 4.90 Å². The molecule has 1 saturated heterocycles. The molecule has 0 spiro atoms. The number of aliphatic hydroxyl groups excluding tert-OH is 2. The van der Waals surface area contributed by atoms with Gasteiger partial charge in [0.2, 0.25) is 11.8 Å². The van der Waals surface area contributed by atoms with E-state index in [4.69, 9.17) is 4.43 Å². The van der Waals surface area contributed by atoms with E-state index in [0.717, 1.165) is 49.2 Å². The van der Waals surface area contributed by atoms with Gasteiger partial charge in [0.15, 0.2) is 0 Å². The third kappa shape index (κ3) is 8.54. The summed E-state index contributed by atoms with van der Waals surface area (Å²) >= 11 is 0. The van der Waals surface area contributed by atoms with Crippen molar-refractivity contribution >= 4 is 64.4 Å². The highest BCUT2D eigenvalue weighted by atomic mass is 28.4. The second kappa shape index (κ2) is 18.3. The van der Waals surface area contributed by atoms with Crippen molar-refractivity contribution in [3.05, 3.63) is 174 Å². The molecule has 6 aromatic rings. The Balaban J connectivity index is 1.15. The van der Waals surface area contributed by atoms with Gasteiger partial charge in [-0.2, -0.15) is 0 Å². The Hall–Kier alpha value is -6.10. The van der Waals surface area contributed by atoms with E-state index in [1.807, 2.05) is 116 Å². The number of allylic oxidation sites excluding steroid dienone is 1. The summed E-state index contributed by atoms with van der Waals surface area (Å²) in [6.45, 7) is 8.35. The van der Waals surface area contributed by atoms with Crippen LogP contribution in [0.2, 0.25) is 5.04 Å². The van der Waals surface area contributed by atoms with Crippen LogP contribution in [0.5, 0.6) is 5.75 Å². The molecule has 0 radical (unpaired) electrons. The molecule has 1 aliphatic carbocycles. The van der Waals surface area contributed by atoms with Crippen molar-refractivity contribution in [2.45, 2.75) is 58.1 Å². The number of rotatable bonds is 14. The second-order valence-electron chi connectivity index (χ2n) is 18.0. The van der Waals surface area contributed by atoms with Crippen LogP contribution in [-0.2, 0) is 14.0 Å².